The van der Waals surface area contributed by atoms with Crippen molar-refractivity contribution in [2.45, 2.75) is 6.92 Å². The third-order valence-corrected chi connectivity index (χ3v) is 3.44. The molecule has 1 N–H and O–H groups in total. The number of hydrogen-bond acceptors (Lipinski definition) is 4. The van der Waals surface area contributed by atoms with E-state index < -0.39 is 5.97 Å². The lowest BCUT2D eigenvalue weighted by atomic mass is 9.96. The van der Waals surface area contributed by atoms with Gasteiger partial charge in [0.25, 0.3) is 0 Å². The summed E-state index contributed by atoms with van der Waals surface area (Å²) in [6.45, 7) is 2.02. The molecule has 0 aliphatic rings. The van der Waals surface area contributed by atoms with Crippen LogP contribution in [0, 0.1) is 0 Å². The summed E-state index contributed by atoms with van der Waals surface area (Å²) >= 11 is 0. The van der Waals surface area contributed by atoms with Crippen molar-refractivity contribution >= 4 is 16.7 Å². The highest BCUT2D eigenvalue weighted by atomic mass is 16.5. The van der Waals surface area contributed by atoms with Crippen LogP contribution in [0.1, 0.15) is 17.4 Å². The van der Waals surface area contributed by atoms with Gasteiger partial charge in [-0.1, -0.05) is 42.5 Å². The van der Waals surface area contributed by atoms with Crippen molar-refractivity contribution in [1.82, 2.24) is 4.98 Å². The summed E-state index contributed by atoms with van der Waals surface area (Å²) in [6, 6.07) is 14.5. The number of rotatable bonds is 3. The van der Waals surface area contributed by atoms with Crippen LogP contribution in [0.2, 0.25) is 0 Å². The minimum absolute atomic E-state index is 0.103. The Morgan fingerprint density at radius 2 is 1.86 bits per heavy atom. The van der Waals surface area contributed by atoms with Crippen molar-refractivity contribution in [2.24, 2.45) is 0 Å². The molecule has 1 heterocycles. The van der Waals surface area contributed by atoms with E-state index in [-0.39, 0.29) is 18.1 Å². The van der Waals surface area contributed by atoms with Crippen LogP contribution in [0.4, 0.5) is 0 Å². The predicted octanol–water partition coefficient (Wildman–Crippen LogP) is 3.78. The fourth-order valence-corrected chi connectivity index (χ4v) is 2.48. The number of nitrogens with zero attached hydrogens (tertiary/aromatic N) is 1. The molecule has 0 fully saturated rings. The van der Waals surface area contributed by atoms with Crippen molar-refractivity contribution in [3.05, 3.63) is 60.4 Å². The SMILES string of the molecule is CCOC(=O)c1ncc2ccccc2c1-c1ccccc1O. The number of benzene rings is 2. The number of carbonyl (C=O) groups is 1. The lowest BCUT2D eigenvalue weighted by Crippen LogP contribution is -2.09. The molecule has 0 atom stereocenters. The second-order valence-corrected chi connectivity index (χ2v) is 4.81. The number of hydrogen-bond donors (Lipinski definition) is 1. The highest BCUT2D eigenvalue weighted by Crippen LogP contribution is 2.36. The minimum atomic E-state index is -0.494. The second kappa shape index (κ2) is 5.85. The Balaban J connectivity index is 2.35. The number of aromatic hydroxyl groups is 1. The molecule has 0 saturated carbocycles. The van der Waals surface area contributed by atoms with Crippen molar-refractivity contribution < 1.29 is 14.6 Å². The Labute approximate surface area is 128 Å². The van der Waals surface area contributed by atoms with Crippen molar-refractivity contribution in [3.8, 4) is 16.9 Å². The van der Waals surface area contributed by atoms with Crippen LogP contribution in [0.5, 0.6) is 5.75 Å². The van der Waals surface area contributed by atoms with Gasteiger partial charge in [0.2, 0.25) is 0 Å². The van der Waals surface area contributed by atoms with Gasteiger partial charge in [-0.05, 0) is 18.4 Å². The Kier molecular flexibility index (Phi) is 3.74. The first-order valence-electron chi connectivity index (χ1n) is 7.05. The molecular formula is C18H15NO3. The summed E-state index contributed by atoms with van der Waals surface area (Å²) in [7, 11) is 0. The summed E-state index contributed by atoms with van der Waals surface area (Å²) in [6.07, 6.45) is 1.64. The zero-order chi connectivity index (χ0) is 15.5. The van der Waals surface area contributed by atoms with Crippen LogP contribution >= 0.6 is 0 Å². The standard InChI is InChI=1S/C18H15NO3/c1-2-22-18(21)17-16(14-9-5-6-10-15(14)20)13-8-4-3-7-12(13)11-19-17/h3-11,20H,2H2,1H3. The second-order valence-electron chi connectivity index (χ2n) is 4.81. The van der Waals surface area contributed by atoms with E-state index >= 15 is 0 Å². The van der Waals surface area contributed by atoms with Gasteiger partial charge in [-0.2, -0.15) is 0 Å². The smallest absolute Gasteiger partial charge is 0.357 e. The van der Waals surface area contributed by atoms with Crippen LogP contribution in [0.3, 0.4) is 0 Å². The molecule has 0 radical (unpaired) electrons. The van der Waals surface area contributed by atoms with Crippen molar-refractivity contribution in [2.75, 3.05) is 6.61 Å². The molecular weight excluding hydrogens is 278 g/mol. The molecule has 3 rings (SSSR count). The van der Waals surface area contributed by atoms with Gasteiger partial charge >= 0.3 is 5.97 Å². The van der Waals surface area contributed by atoms with Crippen molar-refractivity contribution in [3.63, 3.8) is 0 Å². The normalized spacial score (nSPS) is 10.6. The van der Waals surface area contributed by atoms with E-state index in [0.29, 0.717) is 11.1 Å². The summed E-state index contributed by atoms with van der Waals surface area (Å²) in [4.78, 5) is 16.5. The number of para-hydroxylation sites is 1. The molecule has 0 spiro atoms. The average molecular weight is 293 g/mol. The van der Waals surface area contributed by atoms with Crippen LogP contribution in [0.15, 0.2) is 54.7 Å². The number of pyridine rings is 1. The maximum atomic E-state index is 12.2. The van der Waals surface area contributed by atoms with E-state index in [1.54, 1.807) is 31.3 Å². The lowest BCUT2D eigenvalue weighted by molar-refractivity contribution is 0.0520. The summed E-state index contributed by atoms with van der Waals surface area (Å²) in [5.74, 6) is -0.391. The van der Waals surface area contributed by atoms with Gasteiger partial charge in [0.05, 0.1) is 6.61 Å². The molecule has 4 heteroatoms. The maximum absolute atomic E-state index is 12.2. The first-order valence-corrected chi connectivity index (χ1v) is 7.05. The van der Waals surface area contributed by atoms with Crippen LogP contribution in [-0.2, 0) is 4.74 Å². The van der Waals surface area contributed by atoms with Crippen molar-refractivity contribution in [1.29, 1.82) is 0 Å². The van der Waals surface area contributed by atoms with Gasteiger partial charge in [0.1, 0.15) is 5.75 Å². The van der Waals surface area contributed by atoms with Gasteiger partial charge in [-0.15, -0.1) is 0 Å². The number of fused-ring (bicyclic) bond motifs is 1. The third kappa shape index (κ3) is 2.39. The van der Waals surface area contributed by atoms with Gasteiger partial charge in [-0.3, -0.25) is 0 Å². The quantitative estimate of drug-likeness (QED) is 0.746. The van der Waals surface area contributed by atoms with E-state index in [2.05, 4.69) is 4.98 Å². The molecule has 2 aromatic carbocycles. The number of phenols is 1. The number of aromatic nitrogens is 1. The molecule has 0 unspecified atom stereocenters. The fourth-order valence-electron chi connectivity index (χ4n) is 2.48. The topological polar surface area (TPSA) is 59.4 Å². The first kappa shape index (κ1) is 14.1. The predicted molar refractivity (Wildman–Crippen MR) is 84.8 cm³/mol. The molecule has 3 aromatic rings. The number of ether oxygens (including phenoxy) is 1. The van der Waals surface area contributed by atoms with Crippen LogP contribution < -0.4 is 0 Å². The molecule has 0 amide bonds. The number of carbonyl (C=O) groups excluding carboxylic acids is 1. The molecule has 110 valence electrons. The zero-order valence-corrected chi connectivity index (χ0v) is 12.1. The van der Waals surface area contributed by atoms with E-state index in [1.807, 2.05) is 30.3 Å². The zero-order valence-electron chi connectivity index (χ0n) is 12.1. The first-order chi connectivity index (χ1) is 10.7. The fraction of sp³-hybridized carbons (Fsp3) is 0.111. The highest BCUT2D eigenvalue weighted by molar-refractivity contribution is 6.07. The van der Waals surface area contributed by atoms with Gasteiger partial charge in [0.15, 0.2) is 5.69 Å². The summed E-state index contributed by atoms with van der Waals surface area (Å²) < 4.78 is 5.10. The van der Waals surface area contributed by atoms with Gasteiger partial charge < -0.3 is 9.84 Å². The molecule has 0 aliphatic heterocycles. The Morgan fingerprint density at radius 1 is 1.14 bits per heavy atom. The van der Waals surface area contributed by atoms with E-state index in [1.165, 1.54) is 0 Å². The Bertz CT molecular complexity index is 843. The highest BCUT2D eigenvalue weighted by Gasteiger charge is 2.20. The lowest BCUT2D eigenvalue weighted by Gasteiger charge is -2.12. The Morgan fingerprint density at radius 3 is 2.64 bits per heavy atom. The average Bonchev–Trinajstić information content (AvgIpc) is 2.54. The number of esters is 1. The minimum Gasteiger partial charge on any atom is -0.507 e. The molecule has 1 aromatic heterocycles. The van der Waals surface area contributed by atoms with E-state index in [4.69, 9.17) is 4.74 Å². The third-order valence-electron chi connectivity index (χ3n) is 3.44. The summed E-state index contributed by atoms with van der Waals surface area (Å²) in [5, 5.41) is 11.9. The monoisotopic (exact) mass is 293 g/mol. The molecule has 0 bridgehead atoms. The van der Waals surface area contributed by atoms with Gasteiger partial charge in [-0.25, -0.2) is 9.78 Å². The van der Waals surface area contributed by atoms with Gasteiger partial charge in [0, 0.05) is 22.7 Å². The van der Waals surface area contributed by atoms with E-state index in [0.717, 1.165) is 10.8 Å². The number of phenolic OH excluding ortho intramolecular Hbond substituents is 1. The molecule has 4 nitrogen and oxygen atoms in total. The molecule has 22 heavy (non-hydrogen) atoms. The largest absolute Gasteiger partial charge is 0.507 e. The van der Waals surface area contributed by atoms with E-state index in [9.17, 15) is 9.90 Å². The summed E-state index contributed by atoms with van der Waals surface area (Å²) in [5.41, 5.74) is 1.37. The van der Waals surface area contributed by atoms with Crippen LogP contribution in [-0.4, -0.2) is 22.7 Å². The molecule has 0 saturated heterocycles. The van der Waals surface area contributed by atoms with Crippen LogP contribution in [0.25, 0.3) is 21.9 Å². The molecule has 0 aliphatic carbocycles. The maximum Gasteiger partial charge on any atom is 0.357 e. The Hall–Kier alpha value is -2.88.